The van der Waals surface area contributed by atoms with E-state index in [1.807, 2.05) is 0 Å². The fourth-order valence-electron chi connectivity index (χ4n) is 3.55. The fourth-order valence-corrected chi connectivity index (χ4v) is 3.55. The lowest BCUT2D eigenvalue weighted by atomic mass is 10.1. The minimum absolute atomic E-state index is 0.0385. The molecule has 2 aromatic carbocycles. The molecule has 5 nitrogen and oxygen atoms in total. The van der Waals surface area contributed by atoms with Crippen LogP contribution in [0.4, 0.5) is 14.5 Å². The van der Waals surface area contributed by atoms with Crippen molar-refractivity contribution in [1.82, 2.24) is 9.88 Å². The molecule has 1 fully saturated rings. The van der Waals surface area contributed by atoms with Gasteiger partial charge in [-0.05, 0) is 73.4 Å². The molecule has 1 aliphatic carbocycles. The standard InChI is InChI=1S/C25H23F2N3O2/c1-16(31)19-3-5-21(6-4-19)29-25(32)20-10-18(12-28-13-20)15-30(22-7-8-22)14-17-2-9-23(26)24(27)11-17/h2-6,9-13,22H,7-8,14-15H2,1H3,(H,29,32). The van der Waals surface area contributed by atoms with Crippen molar-refractivity contribution in [1.29, 1.82) is 0 Å². The van der Waals surface area contributed by atoms with Crippen LogP contribution in [0, 0.1) is 11.6 Å². The summed E-state index contributed by atoms with van der Waals surface area (Å²) in [5.74, 6) is -2.04. The Hall–Kier alpha value is -3.45. The van der Waals surface area contributed by atoms with E-state index in [1.165, 1.54) is 19.2 Å². The Labute approximate surface area is 185 Å². The number of carbonyl (C=O) groups is 2. The monoisotopic (exact) mass is 435 g/mol. The normalized spacial score (nSPS) is 13.2. The number of benzene rings is 2. The lowest BCUT2D eigenvalue weighted by molar-refractivity contribution is 0.101. The number of amides is 1. The lowest BCUT2D eigenvalue weighted by Crippen LogP contribution is -2.25. The minimum Gasteiger partial charge on any atom is -0.322 e. The van der Waals surface area contributed by atoms with Gasteiger partial charge in [-0.15, -0.1) is 0 Å². The summed E-state index contributed by atoms with van der Waals surface area (Å²) < 4.78 is 26.8. The maximum Gasteiger partial charge on any atom is 0.257 e. The van der Waals surface area contributed by atoms with Crippen LogP contribution in [0.2, 0.25) is 0 Å². The SMILES string of the molecule is CC(=O)c1ccc(NC(=O)c2cncc(CN(Cc3ccc(F)c(F)c3)C3CC3)c2)cc1. The number of ketones is 1. The molecule has 3 aromatic rings. The summed E-state index contributed by atoms with van der Waals surface area (Å²) in [7, 11) is 0. The van der Waals surface area contributed by atoms with Gasteiger partial charge in [-0.2, -0.15) is 0 Å². The Morgan fingerprint density at radius 2 is 1.66 bits per heavy atom. The van der Waals surface area contributed by atoms with Gasteiger partial charge in [-0.1, -0.05) is 6.07 Å². The molecule has 0 aliphatic heterocycles. The molecule has 1 aromatic heterocycles. The maximum absolute atomic E-state index is 13.6. The molecule has 0 bridgehead atoms. The van der Waals surface area contributed by atoms with Crippen molar-refractivity contribution >= 4 is 17.4 Å². The van der Waals surface area contributed by atoms with Gasteiger partial charge in [0.2, 0.25) is 0 Å². The topological polar surface area (TPSA) is 62.3 Å². The van der Waals surface area contributed by atoms with E-state index in [4.69, 9.17) is 0 Å². The molecular weight excluding hydrogens is 412 g/mol. The molecule has 0 spiro atoms. The zero-order valence-electron chi connectivity index (χ0n) is 17.6. The first kappa shape index (κ1) is 21.8. The molecule has 4 rings (SSSR count). The zero-order valence-corrected chi connectivity index (χ0v) is 17.6. The molecule has 1 N–H and O–H groups in total. The molecule has 0 atom stereocenters. The zero-order chi connectivity index (χ0) is 22.7. The van der Waals surface area contributed by atoms with Crippen LogP contribution in [-0.4, -0.2) is 27.6 Å². The van der Waals surface area contributed by atoms with E-state index in [0.717, 1.165) is 24.5 Å². The van der Waals surface area contributed by atoms with Crippen LogP contribution in [0.15, 0.2) is 60.9 Å². The number of hydrogen-bond donors (Lipinski definition) is 1. The molecule has 7 heteroatoms. The van der Waals surface area contributed by atoms with Gasteiger partial charge in [0, 0.05) is 42.8 Å². The minimum atomic E-state index is -0.856. The van der Waals surface area contributed by atoms with Crippen LogP contribution in [0.25, 0.3) is 0 Å². The van der Waals surface area contributed by atoms with Crippen LogP contribution in [0.1, 0.15) is 51.6 Å². The van der Waals surface area contributed by atoms with Crippen molar-refractivity contribution in [2.45, 2.75) is 38.9 Å². The van der Waals surface area contributed by atoms with E-state index >= 15 is 0 Å². The Balaban J connectivity index is 1.44. The summed E-state index contributed by atoms with van der Waals surface area (Å²) in [6.07, 6.45) is 5.31. The van der Waals surface area contributed by atoms with Crippen molar-refractivity contribution < 1.29 is 18.4 Å². The van der Waals surface area contributed by atoms with E-state index in [-0.39, 0.29) is 11.7 Å². The molecule has 1 saturated carbocycles. The van der Waals surface area contributed by atoms with Gasteiger partial charge in [0.15, 0.2) is 17.4 Å². The summed E-state index contributed by atoms with van der Waals surface area (Å²) in [6.45, 7) is 2.52. The first-order chi connectivity index (χ1) is 15.4. The molecule has 1 amide bonds. The molecule has 32 heavy (non-hydrogen) atoms. The number of nitrogens with one attached hydrogen (secondary N) is 1. The molecule has 164 valence electrons. The average molecular weight is 435 g/mol. The van der Waals surface area contributed by atoms with Gasteiger partial charge >= 0.3 is 0 Å². The highest BCUT2D eigenvalue weighted by Crippen LogP contribution is 2.30. The number of aromatic nitrogens is 1. The van der Waals surface area contributed by atoms with E-state index < -0.39 is 11.6 Å². The van der Waals surface area contributed by atoms with Crippen LogP contribution >= 0.6 is 0 Å². The Morgan fingerprint density at radius 3 is 2.31 bits per heavy atom. The second-order valence-corrected chi connectivity index (χ2v) is 8.05. The average Bonchev–Trinajstić information content (AvgIpc) is 3.62. The van der Waals surface area contributed by atoms with Crippen LogP contribution < -0.4 is 5.32 Å². The molecule has 0 unspecified atom stereocenters. The fraction of sp³-hybridized carbons (Fsp3) is 0.240. The molecular formula is C25H23F2N3O2. The second-order valence-electron chi connectivity index (χ2n) is 8.05. The van der Waals surface area contributed by atoms with Gasteiger partial charge in [-0.25, -0.2) is 8.78 Å². The Kier molecular flexibility index (Phi) is 6.37. The van der Waals surface area contributed by atoms with E-state index in [9.17, 15) is 18.4 Å². The van der Waals surface area contributed by atoms with Crippen LogP contribution in [0.5, 0.6) is 0 Å². The second kappa shape index (κ2) is 9.36. The van der Waals surface area contributed by atoms with Gasteiger partial charge in [0.25, 0.3) is 5.91 Å². The highest BCUT2D eigenvalue weighted by Gasteiger charge is 2.29. The molecule has 0 radical (unpaired) electrons. The number of halogens is 2. The van der Waals surface area contributed by atoms with Gasteiger partial charge < -0.3 is 5.32 Å². The third-order valence-corrected chi connectivity index (χ3v) is 5.42. The Bertz CT molecular complexity index is 1140. The van der Waals surface area contributed by atoms with Gasteiger partial charge in [-0.3, -0.25) is 19.5 Å². The smallest absolute Gasteiger partial charge is 0.257 e. The highest BCUT2D eigenvalue weighted by atomic mass is 19.2. The van der Waals surface area contributed by atoms with E-state index in [1.54, 1.807) is 42.6 Å². The summed E-state index contributed by atoms with van der Waals surface area (Å²) in [6, 6.07) is 12.8. The predicted molar refractivity (Wildman–Crippen MR) is 117 cm³/mol. The predicted octanol–water partition coefficient (Wildman–Crippen LogP) is 4.98. The van der Waals surface area contributed by atoms with Crippen molar-refractivity contribution in [2.75, 3.05) is 5.32 Å². The van der Waals surface area contributed by atoms with Crippen molar-refractivity contribution in [3.05, 3.63) is 94.8 Å². The molecule has 1 heterocycles. The van der Waals surface area contributed by atoms with E-state index in [2.05, 4.69) is 15.2 Å². The largest absolute Gasteiger partial charge is 0.322 e. The number of nitrogens with zero attached hydrogens (tertiary/aromatic N) is 2. The lowest BCUT2D eigenvalue weighted by Gasteiger charge is -2.22. The third-order valence-electron chi connectivity index (χ3n) is 5.42. The summed E-state index contributed by atoms with van der Waals surface area (Å²) >= 11 is 0. The van der Waals surface area contributed by atoms with Crippen molar-refractivity contribution in [3.63, 3.8) is 0 Å². The molecule has 1 aliphatic rings. The number of hydrogen-bond acceptors (Lipinski definition) is 4. The number of anilines is 1. The van der Waals surface area contributed by atoms with Crippen molar-refractivity contribution in [3.8, 4) is 0 Å². The number of pyridine rings is 1. The maximum atomic E-state index is 13.6. The number of rotatable bonds is 8. The Morgan fingerprint density at radius 1 is 0.938 bits per heavy atom. The quantitative estimate of drug-likeness (QED) is 0.507. The molecule has 0 saturated heterocycles. The highest BCUT2D eigenvalue weighted by molar-refractivity contribution is 6.04. The summed E-state index contributed by atoms with van der Waals surface area (Å²) in [5.41, 5.74) is 3.14. The van der Waals surface area contributed by atoms with Gasteiger partial charge in [0.05, 0.1) is 5.56 Å². The third kappa shape index (κ3) is 5.42. The number of Topliss-reactive ketones (excluding diaryl/α,β-unsaturated/α-hetero) is 1. The van der Waals surface area contributed by atoms with Crippen molar-refractivity contribution in [2.24, 2.45) is 0 Å². The summed E-state index contributed by atoms with van der Waals surface area (Å²) in [4.78, 5) is 30.5. The number of carbonyl (C=O) groups excluding carboxylic acids is 2. The van der Waals surface area contributed by atoms with Crippen LogP contribution in [-0.2, 0) is 13.1 Å². The first-order valence-corrected chi connectivity index (χ1v) is 10.4. The van der Waals surface area contributed by atoms with Gasteiger partial charge in [0.1, 0.15) is 0 Å². The van der Waals surface area contributed by atoms with E-state index in [0.29, 0.717) is 41.5 Å². The summed E-state index contributed by atoms with van der Waals surface area (Å²) in [5, 5.41) is 2.81. The van der Waals surface area contributed by atoms with Crippen LogP contribution in [0.3, 0.4) is 0 Å². The first-order valence-electron chi connectivity index (χ1n) is 10.4.